The van der Waals surface area contributed by atoms with Crippen molar-refractivity contribution in [1.82, 2.24) is 0 Å². The second kappa shape index (κ2) is 6.41. The third kappa shape index (κ3) is 3.61. The molecular formula is C16H14ClNO3. The number of carbonyl (C=O) groups excluding carboxylic acids is 1. The molecule has 108 valence electrons. The highest BCUT2D eigenvalue weighted by Crippen LogP contribution is 2.18. The van der Waals surface area contributed by atoms with Crippen LogP contribution in [0.5, 0.6) is 0 Å². The van der Waals surface area contributed by atoms with Gasteiger partial charge in [0.15, 0.2) is 0 Å². The maximum absolute atomic E-state index is 12.2. The molecule has 0 atom stereocenters. The molecule has 0 spiro atoms. The number of carboxylic acid groups (broad SMARTS) is 1. The van der Waals surface area contributed by atoms with Gasteiger partial charge < -0.3 is 10.4 Å². The Morgan fingerprint density at radius 1 is 1.14 bits per heavy atom. The van der Waals surface area contributed by atoms with Crippen LogP contribution in [0, 0.1) is 6.92 Å². The van der Waals surface area contributed by atoms with Gasteiger partial charge in [0.05, 0.1) is 5.56 Å². The number of aromatic carboxylic acids is 1. The molecule has 0 bridgehead atoms. The summed E-state index contributed by atoms with van der Waals surface area (Å²) in [7, 11) is 0. The Labute approximate surface area is 127 Å². The highest BCUT2D eigenvalue weighted by molar-refractivity contribution is 6.17. The summed E-state index contributed by atoms with van der Waals surface area (Å²) >= 11 is 5.75. The van der Waals surface area contributed by atoms with Gasteiger partial charge in [0.2, 0.25) is 0 Å². The predicted molar refractivity (Wildman–Crippen MR) is 82.1 cm³/mol. The van der Waals surface area contributed by atoms with E-state index in [0.717, 1.165) is 5.56 Å². The Kier molecular flexibility index (Phi) is 4.60. The monoisotopic (exact) mass is 303 g/mol. The molecular weight excluding hydrogens is 290 g/mol. The summed E-state index contributed by atoms with van der Waals surface area (Å²) in [6.45, 7) is 1.75. The van der Waals surface area contributed by atoms with E-state index in [0.29, 0.717) is 22.7 Å². The molecule has 1 amide bonds. The fourth-order valence-electron chi connectivity index (χ4n) is 1.93. The number of halogens is 1. The summed E-state index contributed by atoms with van der Waals surface area (Å²) < 4.78 is 0. The summed E-state index contributed by atoms with van der Waals surface area (Å²) in [5, 5.41) is 11.7. The van der Waals surface area contributed by atoms with Crippen LogP contribution in [0.25, 0.3) is 0 Å². The van der Waals surface area contributed by atoms with Crippen molar-refractivity contribution >= 4 is 29.2 Å². The van der Waals surface area contributed by atoms with Crippen molar-refractivity contribution in [3.63, 3.8) is 0 Å². The highest BCUT2D eigenvalue weighted by atomic mass is 35.5. The van der Waals surface area contributed by atoms with Crippen LogP contribution in [0.2, 0.25) is 0 Å². The van der Waals surface area contributed by atoms with E-state index in [1.807, 2.05) is 6.07 Å². The fourth-order valence-corrected chi connectivity index (χ4v) is 2.09. The lowest BCUT2D eigenvalue weighted by molar-refractivity contribution is 0.0696. The maximum atomic E-state index is 12.2. The number of nitrogens with one attached hydrogen (secondary N) is 1. The zero-order chi connectivity index (χ0) is 15.4. The van der Waals surface area contributed by atoms with Gasteiger partial charge >= 0.3 is 5.97 Å². The van der Waals surface area contributed by atoms with E-state index in [1.165, 1.54) is 12.1 Å². The molecule has 0 aliphatic heterocycles. The first-order valence-electron chi connectivity index (χ1n) is 6.31. The Bertz CT molecular complexity index is 698. The molecule has 0 saturated carbocycles. The van der Waals surface area contributed by atoms with Crippen LogP contribution < -0.4 is 5.32 Å². The minimum absolute atomic E-state index is 0.189. The van der Waals surface area contributed by atoms with Crippen LogP contribution in [0.1, 0.15) is 31.8 Å². The number of amides is 1. The average Bonchev–Trinajstić information content (AvgIpc) is 2.49. The van der Waals surface area contributed by atoms with E-state index in [4.69, 9.17) is 16.7 Å². The summed E-state index contributed by atoms with van der Waals surface area (Å²) in [5.41, 5.74) is 2.84. The lowest BCUT2D eigenvalue weighted by Crippen LogP contribution is -2.13. The second-order valence-electron chi connectivity index (χ2n) is 4.62. The van der Waals surface area contributed by atoms with Crippen molar-refractivity contribution in [2.45, 2.75) is 12.8 Å². The van der Waals surface area contributed by atoms with Crippen molar-refractivity contribution in [2.24, 2.45) is 0 Å². The predicted octanol–water partition coefficient (Wildman–Crippen LogP) is 3.68. The molecule has 0 fully saturated rings. The van der Waals surface area contributed by atoms with Crippen molar-refractivity contribution in [2.75, 3.05) is 5.32 Å². The van der Waals surface area contributed by atoms with Crippen LogP contribution in [-0.2, 0) is 5.88 Å². The number of hydrogen-bond donors (Lipinski definition) is 2. The first-order valence-corrected chi connectivity index (χ1v) is 6.85. The second-order valence-corrected chi connectivity index (χ2v) is 4.89. The van der Waals surface area contributed by atoms with Gasteiger partial charge in [-0.15, -0.1) is 11.6 Å². The summed E-state index contributed by atoms with van der Waals surface area (Å²) in [5.74, 6) is -0.910. The normalized spacial score (nSPS) is 10.2. The van der Waals surface area contributed by atoms with Crippen LogP contribution in [-0.4, -0.2) is 17.0 Å². The molecule has 4 nitrogen and oxygen atoms in total. The molecule has 2 rings (SSSR count). The molecule has 2 N–H and O–H groups in total. The maximum Gasteiger partial charge on any atom is 0.335 e. The van der Waals surface area contributed by atoms with Gasteiger partial charge in [-0.25, -0.2) is 4.79 Å². The number of carboxylic acids is 1. The van der Waals surface area contributed by atoms with Crippen LogP contribution in [0.4, 0.5) is 5.69 Å². The van der Waals surface area contributed by atoms with Gasteiger partial charge in [-0.05, 0) is 48.4 Å². The van der Waals surface area contributed by atoms with E-state index in [-0.39, 0.29) is 11.5 Å². The van der Waals surface area contributed by atoms with Gasteiger partial charge in [-0.1, -0.05) is 12.1 Å². The van der Waals surface area contributed by atoms with Crippen molar-refractivity contribution in [3.05, 3.63) is 64.7 Å². The minimum atomic E-state index is -0.995. The Morgan fingerprint density at radius 2 is 1.90 bits per heavy atom. The first-order chi connectivity index (χ1) is 10.0. The lowest BCUT2D eigenvalue weighted by Gasteiger charge is -2.09. The number of rotatable bonds is 4. The van der Waals surface area contributed by atoms with Gasteiger partial charge in [0, 0.05) is 17.1 Å². The smallest absolute Gasteiger partial charge is 0.335 e. The molecule has 0 aliphatic rings. The number of anilines is 1. The van der Waals surface area contributed by atoms with E-state index in [2.05, 4.69) is 5.32 Å². The molecule has 2 aromatic rings. The molecule has 21 heavy (non-hydrogen) atoms. The van der Waals surface area contributed by atoms with Crippen molar-refractivity contribution < 1.29 is 14.7 Å². The van der Waals surface area contributed by atoms with Gasteiger partial charge in [-0.3, -0.25) is 4.79 Å². The summed E-state index contributed by atoms with van der Waals surface area (Å²) in [6.07, 6.45) is 0. The molecule has 5 heteroatoms. The Hall–Kier alpha value is -2.33. The molecule has 0 aromatic heterocycles. The van der Waals surface area contributed by atoms with Crippen LogP contribution in [0.3, 0.4) is 0 Å². The summed E-state index contributed by atoms with van der Waals surface area (Å²) in [6, 6.07) is 11.6. The van der Waals surface area contributed by atoms with Gasteiger partial charge in [-0.2, -0.15) is 0 Å². The third-order valence-electron chi connectivity index (χ3n) is 3.07. The van der Waals surface area contributed by atoms with E-state index < -0.39 is 5.97 Å². The van der Waals surface area contributed by atoms with Gasteiger partial charge in [0.1, 0.15) is 0 Å². The van der Waals surface area contributed by atoms with E-state index >= 15 is 0 Å². The fraction of sp³-hybridized carbons (Fsp3) is 0.125. The molecule has 2 aromatic carbocycles. The average molecular weight is 304 g/mol. The number of alkyl halides is 1. The van der Waals surface area contributed by atoms with Crippen molar-refractivity contribution in [3.8, 4) is 0 Å². The van der Waals surface area contributed by atoms with E-state index in [1.54, 1.807) is 31.2 Å². The molecule has 0 aliphatic carbocycles. The third-order valence-corrected chi connectivity index (χ3v) is 3.37. The highest BCUT2D eigenvalue weighted by Gasteiger charge is 2.10. The number of carbonyl (C=O) groups is 2. The molecule has 0 heterocycles. The lowest BCUT2D eigenvalue weighted by atomic mass is 10.1. The largest absolute Gasteiger partial charge is 0.478 e. The van der Waals surface area contributed by atoms with Crippen LogP contribution >= 0.6 is 11.6 Å². The van der Waals surface area contributed by atoms with Gasteiger partial charge in [0.25, 0.3) is 5.91 Å². The number of benzene rings is 2. The Balaban J connectivity index is 2.21. The topological polar surface area (TPSA) is 66.4 Å². The summed E-state index contributed by atoms with van der Waals surface area (Å²) in [4.78, 5) is 23.1. The zero-order valence-electron chi connectivity index (χ0n) is 11.4. The number of aryl methyl sites for hydroxylation is 1. The number of hydrogen-bond acceptors (Lipinski definition) is 2. The SMILES string of the molecule is Cc1cc(C(=O)O)ccc1NC(=O)c1cccc(CCl)c1. The molecule has 0 unspecified atom stereocenters. The molecule has 0 saturated heterocycles. The van der Waals surface area contributed by atoms with Crippen molar-refractivity contribution in [1.29, 1.82) is 0 Å². The zero-order valence-corrected chi connectivity index (χ0v) is 12.1. The van der Waals surface area contributed by atoms with E-state index in [9.17, 15) is 9.59 Å². The Morgan fingerprint density at radius 3 is 2.52 bits per heavy atom. The standard InChI is InChI=1S/C16H14ClNO3/c1-10-7-13(16(20)21)5-6-14(10)18-15(19)12-4-2-3-11(8-12)9-17/h2-8H,9H2,1H3,(H,18,19)(H,20,21). The minimum Gasteiger partial charge on any atom is -0.478 e. The van der Waals surface area contributed by atoms with Crippen LogP contribution in [0.15, 0.2) is 42.5 Å². The first kappa shape index (κ1) is 15.1. The quantitative estimate of drug-likeness (QED) is 0.847. The molecule has 0 radical (unpaired) electrons.